The lowest BCUT2D eigenvalue weighted by Gasteiger charge is -2.31. The van der Waals surface area contributed by atoms with Gasteiger partial charge in [-0.1, -0.05) is 0 Å². The number of hydrogen-bond donors (Lipinski definition) is 2. The van der Waals surface area contributed by atoms with E-state index in [2.05, 4.69) is 10.6 Å². The third-order valence-electron chi connectivity index (χ3n) is 4.95. The molecule has 0 saturated carbocycles. The summed E-state index contributed by atoms with van der Waals surface area (Å²) in [7, 11) is -2.06. The molecule has 9 heteroatoms. The molecule has 3 rings (SSSR count). The highest BCUT2D eigenvalue weighted by Gasteiger charge is 2.30. The van der Waals surface area contributed by atoms with Crippen LogP contribution in [0.25, 0.3) is 0 Å². The summed E-state index contributed by atoms with van der Waals surface area (Å²) >= 11 is 0. The van der Waals surface area contributed by atoms with Crippen molar-refractivity contribution in [1.29, 1.82) is 0 Å². The van der Waals surface area contributed by atoms with Gasteiger partial charge in [0, 0.05) is 37.3 Å². The van der Waals surface area contributed by atoms with Gasteiger partial charge in [-0.05, 0) is 61.4 Å². The molecule has 30 heavy (non-hydrogen) atoms. The molecule has 0 bridgehead atoms. The molecular weight excluding hydrogens is 406 g/mol. The van der Waals surface area contributed by atoms with Gasteiger partial charge in [0.05, 0.1) is 12.0 Å². The van der Waals surface area contributed by atoms with E-state index in [4.69, 9.17) is 4.74 Å². The van der Waals surface area contributed by atoms with Crippen molar-refractivity contribution in [2.24, 2.45) is 0 Å². The maximum absolute atomic E-state index is 12.9. The van der Waals surface area contributed by atoms with Crippen molar-refractivity contribution in [3.05, 3.63) is 54.1 Å². The van der Waals surface area contributed by atoms with Crippen molar-refractivity contribution in [1.82, 2.24) is 9.62 Å². The molecule has 2 aromatic rings. The fraction of sp³-hybridized carbons (Fsp3) is 0.333. The Morgan fingerprint density at radius 2 is 1.60 bits per heavy atom. The van der Waals surface area contributed by atoms with E-state index >= 15 is 0 Å². The van der Waals surface area contributed by atoms with Crippen LogP contribution in [0.2, 0.25) is 0 Å². The van der Waals surface area contributed by atoms with Gasteiger partial charge in [0.15, 0.2) is 0 Å². The molecule has 8 nitrogen and oxygen atoms in total. The van der Waals surface area contributed by atoms with Crippen LogP contribution in [-0.4, -0.2) is 50.8 Å². The molecule has 2 aromatic carbocycles. The van der Waals surface area contributed by atoms with Gasteiger partial charge >= 0.3 is 0 Å². The predicted molar refractivity (Wildman–Crippen MR) is 113 cm³/mol. The lowest BCUT2D eigenvalue weighted by Crippen LogP contribution is -2.46. The number of amides is 2. The number of rotatable bonds is 6. The Kier molecular flexibility index (Phi) is 6.73. The average Bonchev–Trinajstić information content (AvgIpc) is 2.74. The zero-order chi connectivity index (χ0) is 21.7. The monoisotopic (exact) mass is 431 g/mol. The van der Waals surface area contributed by atoms with Crippen molar-refractivity contribution >= 4 is 27.5 Å². The van der Waals surface area contributed by atoms with E-state index in [0.29, 0.717) is 42.9 Å². The minimum atomic E-state index is -3.62. The van der Waals surface area contributed by atoms with Gasteiger partial charge in [0.2, 0.25) is 15.9 Å². The van der Waals surface area contributed by atoms with Gasteiger partial charge in [0.25, 0.3) is 5.91 Å². The van der Waals surface area contributed by atoms with Crippen LogP contribution in [0.1, 0.15) is 30.1 Å². The number of methoxy groups -OCH3 is 1. The molecule has 1 saturated heterocycles. The minimum absolute atomic E-state index is 0.0896. The number of benzene rings is 2. The molecule has 0 atom stereocenters. The molecule has 0 radical (unpaired) electrons. The Labute approximate surface area is 176 Å². The lowest BCUT2D eigenvalue weighted by atomic mass is 10.1. The predicted octanol–water partition coefficient (Wildman–Crippen LogP) is 2.24. The Balaban J connectivity index is 1.57. The van der Waals surface area contributed by atoms with E-state index in [-0.39, 0.29) is 22.8 Å². The first kappa shape index (κ1) is 21.8. The highest BCUT2D eigenvalue weighted by molar-refractivity contribution is 7.89. The summed E-state index contributed by atoms with van der Waals surface area (Å²) in [5.41, 5.74) is 1.08. The van der Waals surface area contributed by atoms with Crippen molar-refractivity contribution in [3.63, 3.8) is 0 Å². The second-order valence-electron chi connectivity index (χ2n) is 7.09. The van der Waals surface area contributed by atoms with Crippen molar-refractivity contribution in [2.45, 2.75) is 30.7 Å². The Morgan fingerprint density at radius 1 is 1.00 bits per heavy atom. The number of anilines is 1. The summed E-state index contributed by atoms with van der Waals surface area (Å²) in [4.78, 5) is 23.7. The first-order valence-electron chi connectivity index (χ1n) is 9.62. The van der Waals surface area contributed by atoms with E-state index in [1.54, 1.807) is 43.5 Å². The molecule has 0 unspecified atom stereocenters. The zero-order valence-electron chi connectivity index (χ0n) is 16.9. The second kappa shape index (κ2) is 9.27. The first-order valence-corrected chi connectivity index (χ1v) is 11.1. The van der Waals surface area contributed by atoms with E-state index in [9.17, 15) is 18.0 Å². The molecule has 0 aliphatic carbocycles. The quantitative estimate of drug-likeness (QED) is 0.730. The number of carbonyl (C=O) groups is 2. The number of nitrogens with zero attached hydrogens (tertiary/aromatic N) is 1. The van der Waals surface area contributed by atoms with Crippen LogP contribution in [0.5, 0.6) is 5.75 Å². The molecule has 2 N–H and O–H groups in total. The van der Waals surface area contributed by atoms with Gasteiger partial charge in [-0.3, -0.25) is 9.59 Å². The van der Waals surface area contributed by atoms with Gasteiger partial charge < -0.3 is 15.4 Å². The van der Waals surface area contributed by atoms with Crippen LogP contribution in [0, 0.1) is 0 Å². The Bertz CT molecular complexity index is 996. The summed E-state index contributed by atoms with van der Waals surface area (Å²) in [6, 6.07) is 12.8. The number of piperidine rings is 1. The lowest BCUT2D eigenvalue weighted by molar-refractivity contribution is -0.114. The van der Waals surface area contributed by atoms with E-state index < -0.39 is 10.0 Å². The Hall–Kier alpha value is -2.91. The Morgan fingerprint density at radius 3 is 2.13 bits per heavy atom. The smallest absolute Gasteiger partial charge is 0.251 e. The van der Waals surface area contributed by atoms with Gasteiger partial charge in [0.1, 0.15) is 5.75 Å². The number of nitrogens with one attached hydrogen (secondary N) is 2. The molecule has 0 aromatic heterocycles. The van der Waals surface area contributed by atoms with Gasteiger partial charge in [-0.15, -0.1) is 0 Å². The number of carbonyl (C=O) groups excluding carboxylic acids is 2. The van der Waals surface area contributed by atoms with Crippen molar-refractivity contribution < 1.29 is 22.7 Å². The standard InChI is InChI=1S/C21H25N3O5S/c1-15(25)22-17-5-9-20(10-6-17)30(27,28)24-13-11-18(12-14-24)23-21(26)16-3-7-19(29-2)8-4-16/h3-10,18H,11-14H2,1-2H3,(H,22,25)(H,23,26). The van der Waals surface area contributed by atoms with Gasteiger partial charge in [-0.2, -0.15) is 4.31 Å². The normalized spacial score (nSPS) is 15.4. The summed E-state index contributed by atoms with van der Waals surface area (Å²) in [6.07, 6.45) is 1.07. The summed E-state index contributed by atoms with van der Waals surface area (Å²) in [5.74, 6) is 0.270. The van der Waals surface area contributed by atoms with Crippen LogP contribution < -0.4 is 15.4 Å². The number of hydrogen-bond acceptors (Lipinski definition) is 5. The molecule has 1 heterocycles. The maximum atomic E-state index is 12.9. The van der Waals surface area contributed by atoms with Crippen LogP contribution in [0.4, 0.5) is 5.69 Å². The SMILES string of the molecule is COc1ccc(C(=O)NC2CCN(S(=O)(=O)c3ccc(NC(C)=O)cc3)CC2)cc1. The topological polar surface area (TPSA) is 105 Å². The van der Waals surface area contributed by atoms with Crippen LogP contribution in [0.3, 0.4) is 0 Å². The van der Waals surface area contributed by atoms with E-state index in [1.807, 2.05) is 0 Å². The largest absolute Gasteiger partial charge is 0.497 e. The van der Waals surface area contributed by atoms with E-state index in [0.717, 1.165) is 0 Å². The van der Waals surface area contributed by atoms with Crippen molar-refractivity contribution in [2.75, 3.05) is 25.5 Å². The molecule has 2 amide bonds. The summed E-state index contributed by atoms with van der Waals surface area (Å²) < 4.78 is 32.3. The van der Waals surface area contributed by atoms with Gasteiger partial charge in [-0.25, -0.2) is 8.42 Å². The third kappa shape index (κ3) is 5.17. The highest BCUT2D eigenvalue weighted by Crippen LogP contribution is 2.22. The van der Waals surface area contributed by atoms with Crippen LogP contribution in [0.15, 0.2) is 53.4 Å². The third-order valence-corrected chi connectivity index (χ3v) is 6.87. The van der Waals surface area contributed by atoms with Crippen molar-refractivity contribution in [3.8, 4) is 5.75 Å². The minimum Gasteiger partial charge on any atom is -0.497 e. The molecule has 1 aliphatic rings. The number of sulfonamides is 1. The average molecular weight is 432 g/mol. The van der Waals surface area contributed by atoms with E-state index in [1.165, 1.54) is 23.4 Å². The zero-order valence-corrected chi connectivity index (χ0v) is 17.7. The molecule has 1 fully saturated rings. The summed E-state index contributed by atoms with van der Waals surface area (Å²) in [5, 5.41) is 5.58. The molecule has 160 valence electrons. The fourth-order valence-electron chi connectivity index (χ4n) is 3.31. The molecule has 0 spiro atoms. The first-order chi connectivity index (χ1) is 14.3. The second-order valence-corrected chi connectivity index (χ2v) is 9.02. The molecular formula is C21H25N3O5S. The maximum Gasteiger partial charge on any atom is 0.251 e. The molecule has 1 aliphatic heterocycles. The summed E-state index contributed by atoms with van der Waals surface area (Å²) in [6.45, 7) is 2.04. The fourth-order valence-corrected chi connectivity index (χ4v) is 4.78. The highest BCUT2D eigenvalue weighted by atomic mass is 32.2. The van der Waals surface area contributed by atoms with Crippen LogP contribution in [-0.2, 0) is 14.8 Å². The van der Waals surface area contributed by atoms with Crippen LogP contribution >= 0.6 is 0 Å². The number of ether oxygens (including phenoxy) is 1.